The Labute approximate surface area is 160 Å². The SMILES string of the molecule is CC#Cc1cn(C(c2ccccc2)(c2ccccc2)c2ccccc2)cn1. The molecule has 0 aliphatic carbocycles. The molecule has 0 atom stereocenters. The van der Waals surface area contributed by atoms with Crippen LogP contribution >= 0.6 is 0 Å². The second-order valence-corrected chi connectivity index (χ2v) is 6.35. The zero-order valence-corrected chi connectivity index (χ0v) is 15.2. The molecular formula is C25H20N2. The van der Waals surface area contributed by atoms with E-state index in [2.05, 4.69) is 94.2 Å². The maximum Gasteiger partial charge on any atom is 0.131 e. The van der Waals surface area contributed by atoms with Gasteiger partial charge >= 0.3 is 0 Å². The van der Waals surface area contributed by atoms with E-state index in [9.17, 15) is 0 Å². The molecule has 0 spiro atoms. The molecule has 27 heavy (non-hydrogen) atoms. The summed E-state index contributed by atoms with van der Waals surface area (Å²) in [5.41, 5.74) is 3.77. The van der Waals surface area contributed by atoms with Crippen LogP contribution in [0.15, 0.2) is 104 Å². The lowest BCUT2D eigenvalue weighted by molar-refractivity contribution is 0.514. The summed E-state index contributed by atoms with van der Waals surface area (Å²) in [4.78, 5) is 4.54. The van der Waals surface area contributed by atoms with Crippen LogP contribution in [0.1, 0.15) is 29.3 Å². The molecule has 0 bridgehead atoms. The quantitative estimate of drug-likeness (QED) is 0.371. The number of hydrogen-bond donors (Lipinski definition) is 0. The number of imidazole rings is 1. The predicted octanol–water partition coefficient (Wildman–Crippen LogP) is 5.09. The van der Waals surface area contributed by atoms with Gasteiger partial charge in [-0.1, -0.05) is 96.9 Å². The maximum absolute atomic E-state index is 4.54. The van der Waals surface area contributed by atoms with Gasteiger partial charge in [-0.2, -0.15) is 0 Å². The molecule has 0 radical (unpaired) electrons. The van der Waals surface area contributed by atoms with Crippen molar-refractivity contribution < 1.29 is 0 Å². The highest BCUT2D eigenvalue weighted by atomic mass is 15.1. The summed E-state index contributed by atoms with van der Waals surface area (Å²) >= 11 is 0. The fraction of sp³-hybridized carbons (Fsp3) is 0.0800. The minimum atomic E-state index is -0.523. The molecule has 1 aromatic heterocycles. The van der Waals surface area contributed by atoms with Crippen LogP contribution in [0, 0.1) is 11.8 Å². The highest BCUT2D eigenvalue weighted by Gasteiger charge is 2.38. The van der Waals surface area contributed by atoms with Gasteiger partial charge in [-0.15, -0.1) is 0 Å². The standard InChI is InChI=1S/C25H20N2/c1-2-12-24-19-27(20-26-24)25(21-13-6-3-7-14-21,22-15-8-4-9-16-22)23-17-10-5-11-18-23/h3-11,13-20H,1H3. The Kier molecular flexibility index (Phi) is 4.60. The zero-order chi connectivity index (χ0) is 18.5. The molecule has 4 aromatic rings. The summed E-state index contributed by atoms with van der Waals surface area (Å²) in [6.45, 7) is 1.83. The number of aromatic nitrogens is 2. The molecule has 2 nitrogen and oxygen atoms in total. The number of nitrogens with zero attached hydrogens (tertiary/aromatic N) is 2. The van der Waals surface area contributed by atoms with Crippen molar-refractivity contribution in [1.29, 1.82) is 0 Å². The van der Waals surface area contributed by atoms with Crippen LogP contribution < -0.4 is 0 Å². The van der Waals surface area contributed by atoms with E-state index < -0.39 is 5.54 Å². The van der Waals surface area contributed by atoms with E-state index in [4.69, 9.17) is 0 Å². The molecule has 3 aromatic carbocycles. The lowest BCUT2D eigenvalue weighted by atomic mass is 9.77. The highest BCUT2D eigenvalue weighted by Crippen LogP contribution is 2.40. The number of rotatable bonds is 4. The van der Waals surface area contributed by atoms with Crippen molar-refractivity contribution in [2.75, 3.05) is 0 Å². The van der Waals surface area contributed by atoms with Crippen LogP contribution in [0.5, 0.6) is 0 Å². The van der Waals surface area contributed by atoms with Gasteiger partial charge in [0, 0.05) is 6.20 Å². The van der Waals surface area contributed by atoms with Gasteiger partial charge in [0.25, 0.3) is 0 Å². The lowest BCUT2D eigenvalue weighted by Crippen LogP contribution is -2.36. The molecule has 0 unspecified atom stereocenters. The molecule has 4 rings (SSSR count). The molecule has 0 aliphatic heterocycles. The maximum atomic E-state index is 4.54. The second kappa shape index (κ2) is 7.35. The number of hydrogen-bond acceptors (Lipinski definition) is 1. The molecule has 130 valence electrons. The van der Waals surface area contributed by atoms with Crippen molar-refractivity contribution in [2.24, 2.45) is 0 Å². The van der Waals surface area contributed by atoms with Crippen LogP contribution in [0.25, 0.3) is 0 Å². The average Bonchev–Trinajstić information content (AvgIpc) is 3.20. The highest BCUT2D eigenvalue weighted by molar-refractivity contribution is 5.51. The third-order valence-electron chi connectivity index (χ3n) is 4.80. The van der Waals surface area contributed by atoms with Crippen molar-refractivity contribution in [3.05, 3.63) is 126 Å². The van der Waals surface area contributed by atoms with Gasteiger partial charge in [0.1, 0.15) is 11.2 Å². The third-order valence-corrected chi connectivity index (χ3v) is 4.80. The minimum Gasteiger partial charge on any atom is -0.318 e. The topological polar surface area (TPSA) is 17.8 Å². The Morgan fingerprint density at radius 1 is 0.704 bits per heavy atom. The van der Waals surface area contributed by atoms with Crippen molar-refractivity contribution in [3.63, 3.8) is 0 Å². The van der Waals surface area contributed by atoms with Crippen molar-refractivity contribution >= 4 is 0 Å². The van der Waals surface area contributed by atoms with Crippen LogP contribution in [-0.4, -0.2) is 9.55 Å². The van der Waals surface area contributed by atoms with Crippen LogP contribution in [0.3, 0.4) is 0 Å². The van der Waals surface area contributed by atoms with Gasteiger partial charge in [-0.25, -0.2) is 4.98 Å². The van der Waals surface area contributed by atoms with E-state index in [-0.39, 0.29) is 0 Å². The fourth-order valence-corrected chi connectivity index (χ4v) is 3.68. The van der Waals surface area contributed by atoms with E-state index in [1.807, 2.05) is 37.6 Å². The van der Waals surface area contributed by atoms with Crippen LogP contribution in [-0.2, 0) is 5.54 Å². The summed E-state index contributed by atoms with van der Waals surface area (Å²) in [6, 6.07) is 31.7. The van der Waals surface area contributed by atoms with Gasteiger partial charge in [-0.3, -0.25) is 0 Å². The van der Waals surface area contributed by atoms with Crippen LogP contribution in [0.4, 0.5) is 0 Å². The van der Waals surface area contributed by atoms with E-state index in [0.717, 1.165) is 5.69 Å². The molecule has 0 aliphatic rings. The van der Waals surface area contributed by atoms with Gasteiger partial charge < -0.3 is 4.57 Å². The first kappa shape index (κ1) is 16.9. The molecule has 0 amide bonds. The fourth-order valence-electron chi connectivity index (χ4n) is 3.68. The second-order valence-electron chi connectivity index (χ2n) is 6.35. The molecule has 0 N–H and O–H groups in total. The van der Waals surface area contributed by atoms with Crippen molar-refractivity contribution in [1.82, 2.24) is 9.55 Å². The summed E-state index contributed by atoms with van der Waals surface area (Å²) in [5, 5.41) is 0. The zero-order valence-electron chi connectivity index (χ0n) is 15.2. The Balaban J connectivity index is 2.10. The van der Waals surface area contributed by atoms with E-state index in [1.165, 1.54) is 16.7 Å². The molecule has 0 fully saturated rings. The number of benzene rings is 3. The van der Waals surface area contributed by atoms with Crippen LogP contribution in [0.2, 0.25) is 0 Å². The van der Waals surface area contributed by atoms with Gasteiger partial charge in [0.05, 0.1) is 6.33 Å². The monoisotopic (exact) mass is 348 g/mol. The Morgan fingerprint density at radius 2 is 1.15 bits per heavy atom. The third kappa shape index (κ3) is 2.94. The van der Waals surface area contributed by atoms with Crippen molar-refractivity contribution in [3.8, 4) is 11.8 Å². The van der Waals surface area contributed by atoms with Gasteiger partial charge in [0.15, 0.2) is 0 Å². The Bertz CT molecular complexity index is 972. The summed E-state index contributed by atoms with van der Waals surface area (Å²) in [6.07, 6.45) is 3.91. The summed E-state index contributed by atoms with van der Waals surface area (Å²) in [5.74, 6) is 6.01. The molecular weight excluding hydrogens is 328 g/mol. The van der Waals surface area contributed by atoms with Gasteiger partial charge in [-0.05, 0) is 29.5 Å². The average molecular weight is 348 g/mol. The Hall–Kier alpha value is -3.57. The molecule has 2 heteroatoms. The summed E-state index contributed by atoms with van der Waals surface area (Å²) < 4.78 is 2.17. The van der Waals surface area contributed by atoms with E-state index in [1.54, 1.807) is 0 Å². The molecule has 1 heterocycles. The Morgan fingerprint density at radius 3 is 1.56 bits per heavy atom. The van der Waals surface area contributed by atoms with E-state index in [0.29, 0.717) is 0 Å². The minimum absolute atomic E-state index is 0.523. The lowest BCUT2D eigenvalue weighted by Gasteiger charge is -2.37. The smallest absolute Gasteiger partial charge is 0.131 e. The largest absolute Gasteiger partial charge is 0.318 e. The first-order valence-corrected chi connectivity index (χ1v) is 8.99. The first-order chi connectivity index (χ1) is 13.4. The first-order valence-electron chi connectivity index (χ1n) is 8.99. The molecule has 0 saturated carbocycles. The molecule has 0 saturated heterocycles. The summed E-state index contributed by atoms with van der Waals surface area (Å²) in [7, 11) is 0. The van der Waals surface area contributed by atoms with E-state index >= 15 is 0 Å². The normalized spacial score (nSPS) is 10.9. The van der Waals surface area contributed by atoms with Crippen molar-refractivity contribution in [2.45, 2.75) is 12.5 Å². The van der Waals surface area contributed by atoms with Gasteiger partial charge in [0.2, 0.25) is 0 Å². The predicted molar refractivity (Wildman–Crippen MR) is 109 cm³/mol.